The van der Waals surface area contributed by atoms with E-state index in [1.807, 2.05) is 0 Å². The molecular weight excluding hydrogens is 582 g/mol. The van der Waals surface area contributed by atoms with Crippen LogP contribution in [0.5, 0.6) is 0 Å². The van der Waals surface area contributed by atoms with Gasteiger partial charge in [-0.05, 0) is 0 Å². The Morgan fingerprint density at radius 1 is 0.381 bits per heavy atom. The molecule has 0 spiro atoms. The van der Waals surface area contributed by atoms with Gasteiger partial charge in [0.1, 0.15) is 0 Å². The molecule has 0 aromatic carbocycles. The molecule has 0 saturated heterocycles. The van der Waals surface area contributed by atoms with Gasteiger partial charge in [0, 0.05) is 0 Å². The van der Waals surface area contributed by atoms with Gasteiger partial charge >= 0.3 is 111 Å². The molecule has 0 aliphatic rings. The van der Waals surface area contributed by atoms with Crippen LogP contribution in [0.2, 0.25) is 0 Å². The summed E-state index contributed by atoms with van der Waals surface area (Å²) in [5, 5.41) is 0. The van der Waals surface area contributed by atoms with Crippen LogP contribution in [0, 0.1) is 0 Å². The molecular formula is H16As2Ni3O16. The van der Waals surface area contributed by atoms with E-state index in [1.165, 1.54) is 0 Å². The third kappa shape index (κ3) is 3110. The fraction of sp³-hybridized carbons (Fsp3) is 0. The predicted molar refractivity (Wildman–Crippen MR) is 41.8 cm³/mol. The van der Waals surface area contributed by atoms with Crippen LogP contribution in [0.15, 0.2) is 0 Å². The Balaban J connectivity index is -0.00000000364. The quantitative estimate of drug-likeness (QED) is 0.240. The van der Waals surface area contributed by atoms with Crippen LogP contribution in [-0.4, -0.2) is 72.8 Å². The molecule has 0 bridgehead atoms. The van der Waals surface area contributed by atoms with Crippen LogP contribution < -0.4 is 24.6 Å². The molecule has 0 atom stereocenters. The largest absolute Gasteiger partial charge is 2.00 e. The van der Waals surface area contributed by atoms with Crippen molar-refractivity contribution in [2.75, 3.05) is 0 Å². The van der Waals surface area contributed by atoms with Gasteiger partial charge in [-0.15, -0.1) is 0 Å². The van der Waals surface area contributed by atoms with Crippen LogP contribution in [0.3, 0.4) is 0 Å². The first-order valence-corrected chi connectivity index (χ1v) is 7.59. The Morgan fingerprint density at radius 2 is 0.381 bits per heavy atom. The first kappa shape index (κ1) is 114. The molecule has 0 radical (unpaired) electrons. The van der Waals surface area contributed by atoms with Crippen molar-refractivity contribution in [2.45, 2.75) is 0 Å². The maximum absolute atomic E-state index is 8.61. The smallest absolute Gasteiger partial charge is 2.00 e. The first-order valence-electron chi connectivity index (χ1n) is 1.46. The second-order valence-corrected chi connectivity index (χ2v) is 4.65. The van der Waals surface area contributed by atoms with E-state index in [2.05, 4.69) is 0 Å². The first-order chi connectivity index (χ1) is 4.00. The van der Waals surface area contributed by atoms with Gasteiger partial charge in [-0.25, -0.2) is 0 Å². The molecule has 0 aliphatic carbocycles. The van der Waals surface area contributed by atoms with Gasteiger partial charge < -0.3 is 43.8 Å². The Bertz CT molecular complexity index is 134. The maximum Gasteiger partial charge on any atom is 2.00 e. The zero-order valence-electron chi connectivity index (χ0n) is 9.11. The Morgan fingerprint density at radius 3 is 0.381 bits per heavy atom. The topological polar surface area (TPSA) is 424 Å². The van der Waals surface area contributed by atoms with Gasteiger partial charge in [-0.3, -0.25) is 0 Å². The van der Waals surface area contributed by atoms with Crippen LogP contribution in [0.4, 0.5) is 0 Å². The summed E-state index contributed by atoms with van der Waals surface area (Å²) in [6.45, 7) is 0. The van der Waals surface area contributed by atoms with Crippen molar-refractivity contribution in [1.29, 1.82) is 0 Å². The summed E-state index contributed by atoms with van der Waals surface area (Å²) in [7, 11) is 0. The van der Waals surface area contributed by atoms with E-state index in [4.69, 9.17) is 32.1 Å². The molecule has 0 aliphatic heterocycles. The minimum absolute atomic E-state index is 0. The molecule has 16 N–H and O–H groups in total. The van der Waals surface area contributed by atoms with Gasteiger partial charge in [-0.2, -0.15) is 0 Å². The van der Waals surface area contributed by atoms with Crippen molar-refractivity contribution in [3.05, 3.63) is 0 Å². The van der Waals surface area contributed by atoms with Crippen molar-refractivity contribution in [3.8, 4) is 0 Å². The molecule has 0 aromatic heterocycles. The molecule has 0 rings (SSSR count). The molecule has 152 valence electrons. The Hall–Kier alpha value is 1.64. The summed E-state index contributed by atoms with van der Waals surface area (Å²) in [6.07, 6.45) is 0. The average molecular weight is 598 g/mol. The second-order valence-electron chi connectivity index (χ2n) is 0.894. The molecule has 0 aromatic rings. The van der Waals surface area contributed by atoms with E-state index < -0.39 is 29.0 Å². The molecule has 0 saturated carbocycles. The summed E-state index contributed by atoms with van der Waals surface area (Å²) in [5.74, 6) is 0. The fourth-order valence-corrected chi connectivity index (χ4v) is 0. The van der Waals surface area contributed by atoms with E-state index in [1.54, 1.807) is 0 Å². The van der Waals surface area contributed by atoms with Gasteiger partial charge in [0.15, 0.2) is 0 Å². The fourth-order valence-electron chi connectivity index (χ4n) is 0. The van der Waals surface area contributed by atoms with Crippen molar-refractivity contribution in [3.63, 3.8) is 0 Å². The molecule has 0 heterocycles. The molecule has 0 amide bonds. The zero-order valence-corrected chi connectivity index (χ0v) is 15.8. The van der Waals surface area contributed by atoms with Crippen molar-refractivity contribution < 1.29 is 125 Å². The third-order valence-electron chi connectivity index (χ3n) is 0. The van der Waals surface area contributed by atoms with E-state index in [0.717, 1.165) is 0 Å². The van der Waals surface area contributed by atoms with Crippen LogP contribution >= 0.6 is 0 Å². The predicted octanol–water partition coefficient (Wildman–Crippen LogP) is -14.7. The molecule has 16 nitrogen and oxygen atoms in total. The zero-order chi connectivity index (χ0) is 9.00. The van der Waals surface area contributed by atoms with E-state index in [9.17, 15) is 0 Å². The summed E-state index contributed by atoms with van der Waals surface area (Å²) in [6, 6.07) is 0. The van der Waals surface area contributed by atoms with Crippen molar-refractivity contribution >= 4 is 29.0 Å². The maximum atomic E-state index is 8.61. The van der Waals surface area contributed by atoms with E-state index in [0.29, 0.717) is 0 Å². The average Bonchev–Trinajstić information content (AvgIpc) is 1.12. The SMILES string of the molecule is O.O.O.O.O.O.O.O.O=[As]([O-])([O-])[O-].O=[As]([O-])([O-])[O-].[Ni+2].[Ni+2].[Ni+2]. The van der Waals surface area contributed by atoms with Crippen molar-refractivity contribution in [1.82, 2.24) is 0 Å². The van der Waals surface area contributed by atoms with Gasteiger partial charge in [0.2, 0.25) is 0 Å². The second kappa shape index (κ2) is 49.6. The van der Waals surface area contributed by atoms with Crippen molar-refractivity contribution in [2.24, 2.45) is 0 Å². The summed E-state index contributed by atoms with van der Waals surface area (Å²) >= 11 is -11.8. The number of hydrogen-bond donors (Lipinski definition) is 0. The Labute approximate surface area is 153 Å². The minimum Gasteiger partial charge on any atom is 2.00 e. The number of rotatable bonds is 0. The summed E-state index contributed by atoms with van der Waals surface area (Å²) in [5.41, 5.74) is 0. The van der Waals surface area contributed by atoms with Crippen LogP contribution in [-0.2, 0) is 57.0 Å². The van der Waals surface area contributed by atoms with Gasteiger partial charge in [0.05, 0.1) is 0 Å². The Kier molecular flexibility index (Phi) is 269. The van der Waals surface area contributed by atoms with E-state index in [-0.39, 0.29) is 93.3 Å². The standard InChI is InChI=1S/2AsH3O4.3Ni.8H2O/c2*2-1(3,4)5;;;;;;;;;;;/h2*(H3,2,3,4,5);;;;8*1H2/q;;3*+2;;;;;;;;/p-6. The summed E-state index contributed by atoms with van der Waals surface area (Å²) in [4.78, 5) is 0. The monoisotopic (exact) mass is 596 g/mol. The van der Waals surface area contributed by atoms with Crippen LogP contribution in [0.1, 0.15) is 0 Å². The normalized spacial score (nSPS) is 5.62. The molecule has 0 unspecified atom stereocenters. The summed E-state index contributed by atoms with van der Waals surface area (Å²) < 4.78 is 68.9. The van der Waals surface area contributed by atoms with Gasteiger partial charge in [-0.1, -0.05) is 0 Å². The third-order valence-corrected chi connectivity index (χ3v) is 0. The van der Waals surface area contributed by atoms with Crippen LogP contribution in [0.25, 0.3) is 0 Å². The number of hydrogen-bond acceptors (Lipinski definition) is 8. The van der Waals surface area contributed by atoms with Gasteiger partial charge in [0.25, 0.3) is 0 Å². The molecule has 0 fully saturated rings. The van der Waals surface area contributed by atoms with E-state index >= 15 is 0 Å². The minimum atomic E-state index is -5.88. The molecule has 21 heteroatoms. The molecule has 21 heavy (non-hydrogen) atoms.